The number of hydrogen-bond acceptors (Lipinski definition) is 2. The molecule has 0 saturated heterocycles. The van der Waals surface area contributed by atoms with Crippen LogP contribution in [0.1, 0.15) is 24.8 Å². The lowest BCUT2D eigenvalue weighted by Gasteiger charge is -2.31. The summed E-state index contributed by atoms with van der Waals surface area (Å²) in [6.45, 7) is 0.340. The largest absolute Gasteiger partial charge is 0.392 e. The van der Waals surface area contributed by atoms with E-state index in [2.05, 4.69) is 0 Å². The lowest BCUT2D eigenvalue weighted by atomic mass is 9.78. The standard InChI is InChI=1S/C13H17F2NO/c14-10-4-9(5-11(15)6-10)7-13(8-16)3-1-2-12(13)17/h4-6,12,17H,1-3,7-8,16H2. The summed E-state index contributed by atoms with van der Waals surface area (Å²) in [5.41, 5.74) is 5.88. The van der Waals surface area contributed by atoms with Gasteiger partial charge < -0.3 is 10.8 Å². The maximum atomic E-state index is 13.1. The Hall–Kier alpha value is -1.00. The summed E-state index contributed by atoms with van der Waals surface area (Å²) in [6, 6.07) is 3.47. The van der Waals surface area contributed by atoms with Crippen molar-refractivity contribution in [2.24, 2.45) is 11.1 Å². The second-order valence-electron chi connectivity index (χ2n) is 4.93. The lowest BCUT2D eigenvalue weighted by Crippen LogP contribution is -2.39. The van der Waals surface area contributed by atoms with Gasteiger partial charge in [0.05, 0.1) is 6.10 Å². The predicted molar refractivity (Wildman–Crippen MR) is 61.4 cm³/mol. The van der Waals surface area contributed by atoms with Crippen LogP contribution in [0.5, 0.6) is 0 Å². The highest BCUT2D eigenvalue weighted by molar-refractivity contribution is 5.20. The van der Waals surface area contributed by atoms with Crippen LogP contribution in [0, 0.1) is 17.0 Å². The summed E-state index contributed by atoms with van der Waals surface area (Å²) < 4.78 is 26.2. The van der Waals surface area contributed by atoms with Crippen LogP contribution in [0.2, 0.25) is 0 Å². The van der Waals surface area contributed by atoms with Gasteiger partial charge in [0.1, 0.15) is 11.6 Å². The first-order valence-electron chi connectivity index (χ1n) is 5.89. The number of aliphatic hydroxyl groups is 1. The van der Waals surface area contributed by atoms with Crippen molar-refractivity contribution in [1.82, 2.24) is 0 Å². The number of aliphatic hydroxyl groups excluding tert-OH is 1. The van der Waals surface area contributed by atoms with Crippen LogP contribution >= 0.6 is 0 Å². The van der Waals surface area contributed by atoms with Crippen molar-refractivity contribution in [3.8, 4) is 0 Å². The normalized spacial score (nSPS) is 28.6. The second kappa shape index (κ2) is 4.70. The van der Waals surface area contributed by atoms with E-state index in [-0.39, 0.29) is 0 Å². The van der Waals surface area contributed by atoms with Crippen molar-refractivity contribution < 1.29 is 13.9 Å². The molecule has 2 atom stereocenters. The van der Waals surface area contributed by atoms with Crippen LogP contribution in [-0.4, -0.2) is 17.8 Å². The van der Waals surface area contributed by atoms with Gasteiger partial charge in [0.15, 0.2) is 0 Å². The number of halogens is 2. The van der Waals surface area contributed by atoms with Crippen molar-refractivity contribution >= 4 is 0 Å². The molecule has 0 amide bonds. The Morgan fingerprint density at radius 2 is 1.94 bits per heavy atom. The Balaban J connectivity index is 2.24. The molecule has 0 heterocycles. The summed E-state index contributed by atoms with van der Waals surface area (Å²) in [5, 5.41) is 9.97. The molecule has 0 aliphatic heterocycles. The first kappa shape index (κ1) is 12.5. The number of nitrogens with two attached hydrogens (primary N) is 1. The molecular weight excluding hydrogens is 224 g/mol. The third-order valence-corrected chi connectivity index (χ3v) is 3.74. The highest BCUT2D eigenvalue weighted by Gasteiger charge is 2.40. The van der Waals surface area contributed by atoms with Gasteiger partial charge in [-0.05, 0) is 37.0 Å². The highest BCUT2D eigenvalue weighted by atomic mass is 19.1. The molecule has 1 saturated carbocycles. The van der Waals surface area contributed by atoms with Crippen molar-refractivity contribution in [2.75, 3.05) is 6.54 Å². The minimum atomic E-state index is -0.584. The summed E-state index contributed by atoms with van der Waals surface area (Å²) in [7, 11) is 0. The fourth-order valence-corrected chi connectivity index (χ4v) is 2.76. The molecule has 2 unspecified atom stereocenters. The zero-order chi connectivity index (χ0) is 12.5. The van der Waals surface area contributed by atoms with Gasteiger partial charge in [0, 0.05) is 18.0 Å². The third kappa shape index (κ3) is 2.48. The Bertz CT molecular complexity index is 390. The van der Waals surface area contributed by atoms with Gasteiger partial charge in [0.25, 0.3) is 0 Å². The zero-order valence-electron chi connectivity index (χ0n) is 9.63. The van der Waals surface area contributed by atoms with Crippen LogP contribution in [0.15, 0.2) is 18.2 Å². The molecule has 94 valence electrons. The summed E-state index contributed by atoms with van der Waals surface area (Å²) >= 11 is 0. The first-order valence-corrected chi connectivity index (χ1v) is 5.89. The van der Waals surface area contributed by atoms with E-state index >= 15 is 0 Å². The fraction of sp³-hybridized carbons (Fsp3) is 0.538. The van der Waals surface area contributed by atoms with E-state index in [1.807, 2.05) is 0 Å². The van der Waals surface area contributed by atoms with E-state index in [4.69, 9.17) is 5.73 Å². The van der Waals surface area contributed by atoms with Crippen LogP contribution < -0.4 is 5.73 Å². The summed E-state index contributed by atoms with van der Waals surface area (Å²) in [4.78, 5) is 0. The molecule has 0 aromatic heterocycles. The quantitative estimate of drug-likeness (QED) is 0.850. The van der Waals surface area contributed by atoms with Crippen LogP contribution in [0.25, 0.3) is 0 Å². The van der Waals surface area contributed by atoms with Crippen molar-refractivity contribution in [2.45, 2.75) is 31.8 Å². The van der Waals surface area contributed by atoms with Crippen molar-refractivity contribution in [1.29, 1.82) is 0 Å². The third-order valence-electron chi connectivity index (χ3n) is 3.74. The van der Waals surface area contributed by atoms with Gasteiger partial charge in [-0.1, -0.05) is 6.42 Å². The lowest BCUT2D eigenvalue weighted by molar-refractivity contribution is 0.0587. The van der Waals surface area contributed by atoms with E-state index in [0.717, 1.165) is 25.3 Å². The smallest absolute Gasteiger partial charge is 0.126 e. The molecule has 1 aromatic carbocycles. The van der Waals surface area contributed by atoms with Crippen LogP contribution in [0.4, 0.5) is 8.78 Å². The topological polar surface area (TPSA) is 46.2 Å². The van der Waals surface area contributed by atoms with E-state index in [9.17, 15) is 13.9 Å². The molecule has 2 nitrogen and oxygen atoms in total. The van der Waals surface area contributed by atoms with Gasteiger partial charge in [-0.15, -0.1) is 0 Å². The molecule has 0 radical (unpaired) electrons. The number of benzene rings is 1. The van der Waals surface area contributed by atoms with E-state index in [1.54, 1.807) is 0 Å². The molecule has 0 spiro atoms. The predicted octanol–water partition coefficient (Wildman–Crippen LogP) is 2.00. The first-order chi connectivity index (χ1) is 8.05. The SMILES string of the molecule is NCC1(Cc2cc(F)cc(F)c2)CCCC1O. The molecule has 1 aliphatic carbocycles. The van der Waals surface area contributed by atoms with E-state index < -0.39 is 23.2 Å². The Morgan fingerprint density at radius 1 is 1.29 bits per heavy atom. The van der Waals surface area contributed by atoms with Gasteiger partial charge in [-0.2, -0.15) is 0 Å². The number of hydrogen-bond donors (Lipinski definition) is 2. The van der Waals surface area contributed by atoms with Crippen molar-refractivity contribution in [3.63, 3.8) is 0 Å². The zero-order valence-corrected chi connectivity index (χ0v) is 9.63. The Morgan fingerprint density at radius 3 is 2.41 bits per heavy atom. The molecular formula is C13H17F2NO. The van der Waals surface area contributed by atoms with Gasteiger partial charge in [-0.25, -0.2) is 8.78 Å². The molecule has 4 heteroatoms. The Labute approximate surface area is 99.4 Å². The molecule has 1 aliphatic rings. The molecule has 3 N–H and O–H groups in total. The molecule has 1 fully saturated rings. The minimum absolute atomic E-state index is 0.340. The van der Waals surface area contributed by atoms with Crippen LogP contribution in [0.3, 0.4) is 0 Å². The maximum absolute atomic E-state index is 13.1. The van der Waals surface area contributed by atoms with Gasteiger partial charge in [0.2, 0.25) is 0 Å². The van der Waals surface area contributed by atoms with E-state index in [1.165, 1.54) is 12.1 Å². The Kier molecular flexibility index (Phi) is 3.45. The monoisotopic (exact) mass is 241 g/mol. The number of rotatable bonds is 3. The van der Waals surface area contributed by atoms with Gasteiger partial charge in [-0.3, -0.25) is 0 Å². The average Bonchev–Trinajstić information content (AvgIpc) is 2.59. The molecule has 2 rings (SSSR count). The maximum Gasteiger partial charge on any atom is 0.126 e. The highest BCUT2D eigenvalue weighted by Crippen LogP contribution is 2.40. The summed E-state index contributed by atoms with van der Waals surface area (Å²) in [5.74, 6) is -1.17. The van der Waals surface area contributed by atoms with Crippen molar-refractivity contribution in [3.05, 3.63) is 35.4 Å². The average molecular weight is 241 g/mol. The second-order valence-corrected chi connectivity index (χ2v) is 4.93. The van der Waals surface area contributed by atoms with Crippen LogP contribution in [-0.2, 0) is 6.42 Å². The molecule has 0 bridgehead atoms. The van der Waals surface area contributed by atoms with E-state index in [0.29, 0.717) is 18.5 Å². The summed E-state index contributed by atoms with van der Waals surface area (Å²) in [6.07, 6.45) is 2.40. The fourth-order valence-electron chi connectivity index (χ4n) is 2.76. The minimum Gasteiger partial charge on any atom is -0.392 e. The molecule has 1 aromatic rings. The van der Waals surface area contributed by atoms with Gasteiger partial charge >= 0.3 is 0 Å². The molecule has 17 heavy (non-hydrogen) atoms.